The molecular weight excluding hydrogens is 409 g/mol. The van der Waals surface area contributed by atoms with Crippen molar-refractivity contribution in [1.82, 2.24) is 14.4 Å². The molecule has 0 unspecified atom stereocenters. The highest BCUT2D eigenvalue weighted by Crippen LogP contribution is 2.29. The molecule has 0 aliphatic carbocycles. The Balaban J connectivity index is 1.13. The van der Waals surface area contributed by atoms with Gasteiger partial charge in [0.05, 0.1) is 6.04 Å². The van der Waals surface area contributed by atoms with Crippen molar-refractivity contribution in [2.24, 2.45) is 0 Å². The zero-order chi connectivity index (χ0) is 22.5. The molecule has 1 aliphatic rings. The Labute approximate surface area is 196 Å². The number of fused-ring (bicyclic) bond motifs is 1. The molecule has 3 aromatic carbocycles. The number of hydrogen-bond acceptors (Lipinski definition) is 2. The number of aromatic nitrogens is 1. The lowest BCUT2D eigenvalue weighted by Crippen LogP contribution is -2.48. The molecule has 0 amide bonds. The number of aryl methyl sites for hydroxylation is 1. The van der Waals surface area contributed by atoms with Gasteiger partial charge < -0.3 is 9.47 Å². The Bertz CT molecular complexity index is 1110. The summed E-state index contributed by atoms with van der Waals surface area (Å²) in [7, 11) is 0. The van der Waals surface area contributed by atoms with Crippen molar-refractivity contribution in [3.05, 3.63) is 108 Å². The second kappa shape index (κ2) is 10.3. The lowest BCUT2D eigenvalue weighted by Gasteiger charge is -2.40. The van der Waals surface area contributed by atoms with Crippen molar-refractivity contribution in [3.8, 4) is 0 Å². The van der Waals surface area contributed by atoms with Crippen molar-refractivity contribution in [2.75, 3.05) is 32.7 Å². The van der Waals surface area contributed by atoms with E-state index in [0.717, 1.165) is 56.6 Å². The maximum Gasteiger partial charge on any atom is 0.123 e. The van der Waals surface area contributed by atoms with Crippen LogP contribution < -0.4 is 0 Å². The van der Waals surface area contributed by atoms with Crippen LogP contribution in [0.25, 0.3) is 10.9 Å². The molecule has 0 bridgehead atoms. The van der Waals surface area contributed by atoms with E-state index < -0.39 is 0 Å². The lowest BCUT2D eigenvalue weighted by molar-refractivity contribution is 0.108. The highest BCUT2D eigenvalue weighted by Gasteiger charge is 2.26. The van der Waals surface area contributed by atoms with Crippen LogP contribution in [0.1, 0.15) is 30.0 Å². The molecule has 0 N–H and O–H groups in total. The third kappa shape index (κ3) is 5.18. The van der Waals surface area contributed by atoms with E-state index in [9.17, 15) is 4.39 Å². The molecule has 0 atom stereocenters. The second-order valence-electron chi connectivity index (χ2n) is 9.02. The molecule has 1 aliphatic heterocycles. The Kier molecular flexibility index (Phi) is 6.84. The molecule has 170 valence electrons. The first-order valence-electron chi connectivity index (χ1n) is 12.1. The van der Waals surface area contributed by atoms with Gasteiger partial charge in [0.2, 0.25) is 0 Å². The van der Waals surface area contributed by atoms with Crippen LogP contribution in [0.2, 0.25) is 0 Å². The second-order valence-corrected chi connectivity index (χ2v) is 9.02. The Hall–Kier alpha value is -2.95. The van der Waals surface area contributed by atoms with E-state index >= 15 is 0 Å². The minimum Gasteiger partial charge on any atom is -0.347 e. The van der Waals surface area contributed by atoms with Gasteiger partial charge in [-0.3, -0.25) is 4.90 Å². The van der Waals surface area contributed by atoms with Gasteiger partial charge in [0.15, 0.2) is 0 Å². The Morgan fingerprint density at radius 3 is 2.00 bits per heavy atom. The molecule has 4 heteroatoms. The predicted molar refractivity (Wildman–Crippen MR) is 134 cm³/mol. The smallest absolute Gasteiger partial charge is 0.123 e. The van der Waals surface area contributed by atoms with Gasteiger partial charge in [0.1, 0.15) is 5.82 Å². The number of hydrogen-bond donors (Lipinski definition) is 0. The van der Waals surface area contributed by atoms with Crippen LogP contribution >= 0.6 is 0 Å². The average molecular weight is 442 g/mol. The summed E-state index contributed by atoms with van der Waals surface area (Å²) >= 11 is 0. The molecule has 1 saturated heterocycles. The molecule has 1 aromatic heterocycles. The van der Waals surface area contributed by atoms with Gasteiger partial charge in [-0.25, -0.2) is 4.39 Å². The van der Waals surface area contributed by atoms with Crippen molar-refractivity contribution < 1.29 is 4.39 Å². The molecular formula is C29H32FN3. The number of nitrogens with zero attached hydrogens (tertiary/aromatic N) is 3. The van der Waals surface area contributed by atoms with Gasteiger partial charge in [0, 0.05) is 49.8 Å². The van der Waals surface area contributed by atoms with Gasteiger partial charge >= 0.3 is 0 Å². The summed E-state index contributed by atoms with van der Waals surface area (Å²) in [6, 6.07) is 29.2. The number of benzene rings is 3. The monoisotopic (exact) mass is 441 g/mol. The number of halogens is 1. The van der Waals surface area contributed by atoms with Crippen LogP contribution in [-0.4, -0.2) is 47.1 Å². The minimum atomic E-state index is -0.166. The molecule has 5 rings (SSSR count). The molecule has 3 nitrogen and oxygen atoms in total. The van der Waals surface area contributed by atoms with E-state index in [0.29, 0.717) is 6.04 Å². The van der Waals surface area contributed by atoms with Crippen LogP contribution in [0.3, 0.4) is 0 Å². The van der Waals surface area contributed by atoms with Crippen molar-refractivity contribution >= 4 is 10.9 Å². The van der Waals surface area contributed by atoms with Crippen molar-refractivity contribution in [2.45, 2.75) is 25.4 Å². The topological polar surface area (TPSA) is 11.4 Å². The average Bonchev–Trinajstić information content (AvgIpc) is 3.26. The Morgan fingerprint density at radius 2 is 1.33 bits per heavy atom. The standard InChI is InChI=1S/C29H32FN3/c30-27-13-14-28-26(23-27)15-18-32(28)17-8-7-16-31-19-21-33(22-20-31)29(24-9-3-1-4-10-24)25-11-5-2-6-12-25/h1-6,9-15,18,23,29H,7-8,16-17,19-22H2. The van der Waals surface area contributed by atoms with Gasteiger partial charge in [0.25, 0.3) is 0 Å². The fourth-order valence-electron chi connectivity index (χ4n) is 5.11. The van der Waals surface area contributed by atoms with Crippen molar-refractivity contribution in [3.63, 3.8) is 0 Å². The van der Waals surface area contributed by atoms with Crippen LogP contribution in [0.15, 0.2) is 91.1 Å². The van der Waals surface area contributed by atoms with Crippen molar-refractivity contribution in [1.29, 1.82) is 0 Å². The summed E-state index contributed by atoms with van der Waals surface area (Å²) in [6.07, 6.45) is 4.40. The summed E-state index contributed by atoms with van der Waals surface area (Å²) < 4.78 is 15.7. The van der Waals surface area contributed by atoms with E-state index in [-0.39, 0.29) is 5.82 Å². The van der Waals surface area contributed by atoms with E-state index in [1.807, 2.05) is 12.1 Å². The maximum atomic E-state index is 13.4. The highest BCUT2D eigenvalue weighted by atomic mass is 19.1. The number of piperazine rings is 1. The van der Waals surface area contributed by atoms with Gasteiger partial charge in [-0.05, 0) is 54.8 Å². The summed E-state index contributed by atoms with van der Waals surface area (Å²) in [4.78, 5) is 5.24. The first kappa shape index (κ1) is 21.9. The van der Waals surface area contributed by atoms with E-state index in [1.54, 1.807) is 12.1 Å². The minimum absolute atomic E-state index is 0.166. The lowest BCUT2D eigenvalue weighted by atomic mass is 9.96. The zero-order valence-electron chi connectivity index (χ0n) is 19.1. The number of unbranched alkanes of at least 4 members (excludes halogenated alkanes) is 1. The molecule has 0 saturated carbocycles. The maximum absolute atomic E-state index is 13.4. The van der Waals surface area contributed by atoms with Crippen LogP contribution in [0.5, 0.6) is 0 Å². The van der Waals surface area contributed by atoms with Gasteiger partial charge in [-0.15, -0.1) is 0 Å². The zero-order valence-corrected chi connectivity index (χ0v) is 19.1. The summed E-state index contributed by atoms with van der Waals surface area (Å²) in [5.74, 6) is -0.166. The third-order valence-corrected chi connectivity index (χ3v) is 6.86. The fraction of sp³-hybridized carbons (Fsp3) is 0.310. The largest absolute Gasteiger partial charge is 0.347 e. The van der Waals surface area contributed by atoms with E-state index in [2.05, 4.69) is 81.2 Å². The first-order chi connectivity index (χ1) is 16.3. The fourth-order valence-corrected chi connectivity index (χ4v) is 5.11. The molecule has 0 spiro atoms. The molecule has 33 heavy (non-hydrogen) atoms. The molecule has 0 radical (unpaired) electrons. The SMILES string of the molecule is Fc1ccc2c(ccn2CCCCN2CCN(C(c3ccccc3)c3ccccc3)CC2)c1. The predicted octanol–water partition coefficient (Wildman–Crippen LogP) is 5.97. The Morgan fingerprint density at radius 1 is 0.697 bits per heavy atom. The summed E-state index contributed by atoms with van der Waals surface area (Å²) in [5.41, 5.74) is 3.87. The van der Waals surface area contributed by atoms with E-state index in [1.165, 1.54) is 17.5 Å². The molecule has 4 aromatic rings. The molecule has 2 heterocycles. The normalized spacial score (nSPS) is 15.5. The summed E-state index contributed by atoms with van der Waals surface area (Å²) in [5, 5.41) is 0.984. The van der Waals surface area contributed by atoms with Gasteiger partial charge in [-0.1, -0.05) is 60.7 Å². The molecule has 1 fully saturated rings. The third-order valence-electron chi connectivity index (χ3n) is 6.86. The van der Waals surface area contributed by atoms with E-state index in [4.69, 9.17) is 0 Å². The quantitative estimate of drug-likeness (QED) is 0.312. The number of rotatable bonds is 8. The first-order valence-corrected chi connectivity index (χ1v) is 12.1. The van der Waals surface area contributed by atoms with Crippen LogP contribution in [0, 0.1) is 5.82 Å². The van der Waals surface area contributed by atoms with Crippen LogP contribution in [-0.2, 0) is 6.54 Å². The highest BCUT2D eigenvalue weighted by molar-refractivity contribution is 5.80. The van der Waals surface area contributed by atoms with Gasteiger partial charge in [-0.2, -0.15) is 0 Å². The summed E-state index contributed by atoms with van der Waals surface area (Å²) in [6.45, 7) is 6.52. The van der Waals surface area contributed by atoms with Crippen LogP contribution in [0.4, 0.5) is 4.39 Å².